The highest BCUT2D eigenvalue weighted by molar-refractivity contribution is 5.97. The molecule has 0 bridgehead atoms. The quantitative estimate of drug-likeness (QED) is 0.613. The van der Waals surface area contributed by atoms with Crippen molar-refractivity contribution < 1.29 is 19.1 Å². The van der Waals surface area contributed by atoms with Crippen molar-refractivity contribution in [2.75, 3.05) is 25.6 Å². The van der Waals surface area contributed by atoms with Gasteiger partial charge in [-0.15, -0.1) is 0 Å². The Morgan fingerprint density at radius 2 is 1.82 bits per heavy atom. The summed E-state index contributed by atoms with van der Waals surface area (Å²) in [5.74, 6) is -0.0951. The van der Waals surface area contributed by atoms with Crippen molar-refractivity contribution in [3.63, 3.8) is 0 Å². The molecule has 2 rings (SSSR count). The first kappa shape index (κ1) is 21.4. The molecule has 1 unspecified atom stereocenters. The Balaban J connectivity index is 1.92. The minimum absolute atomic E-state index is 0.0654. The van der Waals surface area contributed by atoms with Gasteiger partial charge in [-0.05, 0) is 17.5 Å². The Morgan fingerprint density at radius 3 is 2.43 bits per heavy atom. The summed E-state index contributed by atoms with van der Waals surface area (Å²) in [6, 6.07) is 12.1. The molecule has 0 spiro atoms. The third-order valence-corrected chi connectivity index (χ3v) is 4.01. The second-order valence-corrected chi connectivity index (χ2v) is 6.67. The molecular weight excluding hydrogens is 358 g/mol. The molecule has 7 nitrogen and oxygen atoms in total. The van der Waals surface area contributed by atoms with Crippen LogP contribution in [0.3, 0.4) is 0 Å². The monoisotopic (exact) mass is 385 g/mol. The van der Waals surface area contributed by atoms with Crippen LogP contribution in [0.4, 0.5) is 5.69 Å². The standard InChI is InChI=1S/C21H27N3O4/c1-15(2)20(24-18(25)13-16-7-5-4-6-8-16)21(26)23-17-9-10-19(22-14-17)28-12-11-27-3/h4-10,14-15,20H,11-13H2,1-3H3,(H,23,26)(H,24,25). The van der Waals surface area contributed by atoms with Gasteiger partial charge in [0.25, 0.3) is 0 Å². The molecule has 0 saturated carbocycles. The molecule has 1 aromatic carbocycles. The van der Waals surface area contributed by atoms with E-state index in [9.17, 15) is 9.59 Å². The molecular formula is C21H27N3O4. The Bertz CT molecular complexity index is 748. The van der Waals surface area contributed by atoms with Crippen molar-refractivity contribution in [3.8, 4) is 5.88 Å². The van der Waals surface area contributed by atoms with Crippen LogP contribution in [0.5, 0.6) is 5.88 Å². The summed E-state index contributed by atoms with van der Waals surface area (Å²) in [6.45, 7) is 4.65. The van der Waals surface area contributed by atoms with Gasteiger partial charge in [0.2, 0.25) is 17.7 Å². The van der Waals surface area contributed by atoms with Crippen LogP contribution in [0, 0.1) is 5.92 Å². The lowest BCUT2D eigenvalue weighted by molar-refractivity contribution is -0.127. The van der Waals surface area contributed by atoms with E-state index in [-0.39, 0.29) is 24.2 Å². The van der Waals surface area contributed by atoms with Gasteiger partial charge in [-0.1, -0.05) is 44.2 Å². The van der Waals surface area contributed by atoms with E-state index in [4.69, 9.17) is 9.47 Å². The minimum atomic E-state index is -0.645. The lowest BCUT2D eigenvalue weighted by Crippen LogP contribution is -2.47. The second-order valence-electron chi connectivity index (χ2n) is 6.67. The summed E-state index contributed by atoms with van der Waals surface area (Å²) in [4.78, 5) is 29.1. The topological polar surface area (TPSA) is 89.5 Å². The second kappa shape index (κ2) is 11.0. The lowest BCUT2D eigenvalue weighted by Gasteiger charge is -2.21. The number of rotatable bonds is 10. The van der Waals surface area contributed by atoms with E-state index in [0.29, 0.717) is 24.8 Å². The average Bonchev–Trinajstić information content (AvgIpc) is 2.68. The van der Waals surface area contributed by atoms with Crippen LogP contribution >= 0.6 is 0 Å². The van der Waals surface area contributed by atoms with Gasteiger partial charge < -0.3 is 20.1 Å². The van der Waals surface area contributed by atoms with E-state index in [0.717, 1.165) is 5.56 Å². The Labute approximate surface area is 165 Å². The molecule has 150 valence electrons. The summed E-state index contributed by atoms with van der Waals surface area (Å²) in [6.07, 6.45) is 1.75. The molecule has 0 saturated heterocycles. The predicted molar refractivity (Wildman–Crippen MR) is 107 cm³/mol. The Hall–Kier alpha value is -2.93. The maximum atomic E-state index is 12.6. The smallest absolute Gasteiger partial charge is 0.247 e. The fourth-order valence-electron chi connectivity index (χ4n) is 2.53. The first-order chi connectivity index (χ1) is 13.5. The molecule has 28 heavy (non-hydrogen) atoms. The molecule has 7 heteroatoms. The predicted octanol–water partition coefficient (Wildman–Crippen LogP) is 2.43. The molecule has 0 aliphatic carbocycles. The van der Waals surface area contributed by atoms with Crippen LogP contribution in [0.1, 0.15) is 19.4 Å². The largest absolute Gasteiger partial charge is 0.475 e. The molecule has 0 aliphatic rings. The van der Waals surface area contributed by atoms with Crippen molar-refractivity contribution in [2.24, 2.45) is 5.92 Å². The first-order valence-electron chi connectivity index (χ1n) is 9.21. The van der Waals surface area contributed by atoms with E-state index in [1.54, 1.807) is 19.2 Å². The number of anilines is 1. The zero-order chi connectivity index (χ0) is 20.4. The van der Waals surface area contributed by atoms with Gasteiger partial charge in [-0.3, -0.25) is 9.59 Å². The minimum Gasteiger partial charge on any atom is -0.475 e. The van der Waals surface area contributed by atoms with Crippen LogP contribution in [-0.4, -0.2) is 43.2 Å². The number of pyridine rings is 1. The number of carbonyl (C=O) groups excluding carboxylic acids is 2. The van der Waals surface area contributed by atoms with Crippen molar-refractivity contribution in [1.29, 1.82) is 0 Å². The molecule has 2 amide bonds. The Kier molecular flexibility index (Phi) is 8.42. The first-order valence-corrected chi connectivity index (χ1v) is 9.21. The lowest BCUT2D eigenvalue weighted by atomic mass is 10.0. The van der Waals surface area contributed by atoms with Crippen LogP contribution in [0.25, 0.3) is 0 Å². The molecule has 1 heterocycles. The van der Waals surface area contributed by atoms with Gasteiger partial charge in [0.05, 0.1) is 24.9 Å². The van der Waals surface area contributed by atoms with Crippen LogP contribution in [0.2, 0.25) is 0 Å². The number of carbonyl (C=O) groups is 2. The summed E-state index contributed by atoms with van der Waals surface area (Å²) in [7, 11) is 1.60. The highest BCUT2D eigenvalue weighted by Gasteiger charge is 2.24. The molecule has 1 atom stereocenters. The number of ether oxygens (including phenoxy) is 2. The van der Waals surface area contributed by atoms with Crippen molar-refractivity contribution >= 4 is 17.5 Å². The number of nitrogens with zero attached hydrogens (tertiary/aromatic N) is 1. The highest BCUT2D eigenvalue weighted by atomic mass is 16.5. The number of amides is 2. The third-order valence-electron chi connectivity index (χ3n) is 4.01. The summed E-state index contributed by atoms with van der Waals surface area (Å²) in [5.41, 5.74) is 1.43. The number of nitrogens with one attached hydrogen (secondary N) is 2. The van der Waals surface area contributed by atoms with E-state index >= 15 is 0 Å². The molecule has 0 aliphatic heterocycles. The van der Waals surface area contributed by atoms with Gasteiger partial charge >= 0.3 is 0 Å². The number of benzene rings is 1. The zero-order valence-electron chi connectivity index (χ0n) is 16.5. The molecule has 2 N–H and O–H groups in total. The van der Waals surface area contributed by atoms with Gasteiger partial charge in [0.15, 0.2) is 0 Å². The molecule has 0 radical (unpaired) electrons. The fraction of sp³-hybridized carbons (Fsp3) is 0.381. The van der Waals surface area contributed by atoms with Gasteiger partial charge in [-0.2, -0.15) is 0 Å². The van der Waals surface area contributed by atoms with E-state index in [2.05, 4.69) is 15.6 Å². The summed E-state index contributed by atoms with van der Waals surface area (Å²) >= 11 is 0. The van der Waals surface area contributed by atoms with Crippen LogP contribution < -0.4 is 15.4 Å². The van der Waals surface area contributed by atoms with E-state index < -0.39 is 6.04 Å². The van der Waals surface area contributed by atoms with Crippen molar-refractivity contribution in [1.82, 2.24) is 10.3 Å². The zero-order valence-corrected chi connectivity index (χ0v) is 16.5. The molecule has 1 aromatic heterocycles. The van der Waals surface area contributed by atoms with E-state index in [1.807, 2.05) is 44.2 Å². The van der Waals surface area contributed by atoms with Gasteiger partial charge in [0, 0.05) is 13.2 Å². The van der Waals surface area contributed by atoms with Crippen LogP contribution in [-0.2, 0) is 20.7 Å². The maximum Gasteiger partial charge on any atom is 0.247 e. The van der Waals surface area contributed by atoms with E-state index in [1.165, 1.54) is 6.20 Å². The number of methoxy groups -OCH3 is 1. The van der Waals surface area contributed by atoms with Crippen LogP contribution in [0.15, 0.2) is 48.7 Å². The number of hydrogen-bond acceptors (Lipinski definition) is 5. The average molecular weight is 385 g/mol. The summed E-state index contributed by atoms with van der Waals surface area (Å²) in [5, 5.41) is 5.61. The number of aromatic nitrogens is 1. The molecule has 2 aromatic rings. The molecule has 0 fully saturated rings. The van der Waals surface area contributed by atoms with Crippen molar-refractivity contribution in [3.05, 3.63) is 54.2 Å². The Morgan fingerprint density at radius 1 is 1.07 bits per heavy atom. The van der Waals surface area contributed by atoms with Gasteiger partial charge in [0.1, 0.15) is 12.6 Å². The SMILES string of the molecule is COCCOc1ccc(NC(=O)C(NC(=O)Cc2ccccc2)C(C)C)cn1. The van der Waals surface area contributed by atoms with Gasteiger partial charge in [-0.25, -0.2) is 4.98 Å². The normalized spacial score (nSPS) is 11.7. The number of hydrogen-bond donors (Lipinski definition) is 2. The third kappa shape index (κ3) is 7.00. The van der Waals surface area contributed by atoms with Crippen molar-refractivity contribution in [2.45, 2.75) is 26.3 Å². The highest BCUT2D eigenvalue weighted by Crippen LogP contribution is 2.13. The fourth-order valence-corrected chi connectivity index (χ4v) is 2.53. The maximum absolute atomic E-state index is 12.6. The summed E-state index contributed by atoms with van der Waals surface area (Å²) < 4.78 is 10.3.